The average molecular weight is 545 g/mol. The molecule has 1 atom stereocenters. The molecule has 7 rings (SSSR count). The van der Waals surface area contributed by atoms with Crippen molar-refractivity contribution in [2.24, 2.45) is 0 Å². The third-order valence-corrected chi connectivity index (χ3v) is 7.79. The number of likely N-dealkylation sites (N-methyl/N-ethyl adjacent to an activating group) is 1. The second-order valence-electron chi connectivity index (χ2n) is 10.0. The molecule has 3 aliphatic rings. The quantitative estimate of drug-likeness (QED) is 0.289. The molecule has 11 heteroatoms. The molecular weight excluding hydrogens is 516 g/mol. The van der Waals surface area contributed by atoms with Crippen LogP contribution in [0.25, 0.3) is 33.0 Å². The summed E-state index contributed by atoms with van der Waals surface area (Å²) in [6, 6.07) is 7.32. The number of H-pyrrole nitrogens is 1. The number of aromatic amines is 1. The van der Waals surface area contributed by atoms with Crippen molar-refractivity contribution in [3.63, 3.8) is 0 Å². The third-order valence-electron chi connectivity index (χ3n) is 7.79. The number of nitrogens with zero attached hydrogens (tertiary/aromatic N) is 2. The maximum absolute atomic E-state index is 13.4. The molecular formula is C29H28N4O7. The Morgan fingerprint density at radius 3 is 2.15 bits per heavy atom. The SMILES string of the molecule is CCN(CC)CC(O)Cn1cc(C2=C(c3c[nH]c4cc5c(cc34)OCO5)C(=O)NC2=O)c2cc3c(cc21)OCO3. The fourth-order valence-corrected chi connectivity index (χ4v) is 5.78. The molecule has 2 amide bonds. The van der Waals surface area contributed by atoms with Gasteiger partial charge in [0.1, 0.15) is 0 Å². The van der Waals surface area contributed by atoms with Crippen LogP contribution in [0.2, 0.25) is 0 Å². The van der Waals surface area contributed by atoms with E-state index in [2.05, 4.69) is 29.0 Å². The average Bonchev–Trinajstić information content (AvgIpc) is 3.76. The Hall–Kier alpha value is -4.48. The standard InChI is InChI=1S/C29H28N4O7/c1-3-32(4-2)10-15(34)11-33-12-19(17-6-23-25(8-21(17)33)40-14-38-23)27-26(28(35)31-29(27)36)18-9-30-20-7-24-22(5-16(18)20)37-13-39-24/h5-9,12,15,30,34H,3-4,10-11,13-14H2,1-2H3,(H,31,35,36). The zero-order chi connectivity index (χ0) is 27.5. The van der Waals surface area contributed by atoms with Crippen molar-refractivity contribution >= 4 is 44.8 Å². The maximum Gasteiger partial charge on any atom is 0.259 e. The molecule has 40 heavy (non-hydrogen) atoms. The topological polar surface area (TPSA) is 127 Å². The Bertz CT molecular complexity index is 1730. The molecule has 0 fully saturated rings. The normalized spacial score (nSPS) is 16.7. The van der Waals surface area contributed by atoms with Gasteiger partial charge >= 0.3 is 0 Å². The number of carbonyl (C=O) groups excluding carboxylic acids is 2. The molecule has 0 aliphatic carbocycles. The van der Waals surface area contributed by atoms with Crippen LogP contribution in [0.3, 0.4) is 0 Å². The number of ether oxygens (including phenoxy) is 4. The van der Waals surface area contributed by atoms with E-state index in [-0.39, 0.29) is 24.7 Å². The van der Waals surface area contributed by atoms with Gasteiger partial charge in [-0.15, -0.1) is 0 Å². The van der Waals surface area contributed by atoms with E-state index in [0.717, 1.165) is 29.5 Å². The molecule has 3 aliphatic heterocycles. The van der Waals surface area contributed by atoms with Crippen LogP contribution in [0.1, 0.15) is 25.0 Å². The lowest BCUT2D eigenvalue weighted by atomic mass is 9.95. The number of hydrogen-bond acceptors (Lipinski definition) is 8. The number of benzene rings is 2. The van der Waals surface area contributed by atoms with Gasteiger partial charge in [-0.05, 0) is 25.2 Å². The molecule has 2 aromatic carbocycles. The number of imide groups is 1. The summed E-state index contributed by atoms with van der Waals surface area (Å²) in [7, 11) is 0. The van der Waals surface area contributed by atoms with Crippen molar-refractivity contribution in [1.82, 2.24) is 19.8 Å². The van der Waals surface area contributed by atoms with Crippen molar-refractivity contribution in [3.05, 3.63) is 47.8 Å². The van der Waals surface area contributed by atoms with Gasteiger partial charge in [0.25, 0.3) is 11.8 Å². The number of aliphatic hydroxyl groups is 1. The van der Waals surface area contributed by atoms with Crippen LogP contribution in [0.5, 0.6) is 23.0 Å². The van der Waals surface area contributed by atoms with Gasteiger partial charge in [-0.25, -0.2) is 0 Å². The highest BCUT2D eigenvalue weighted by molar-refractivity contribution is 6.50. The third kappa shape index (κ3) is 3.81. The molecule has 0 saturated heterocycles. The van der Waals surface area contributed by atoms with Gasteiger partial charge in [0.2, 0.25) is 13.6 Å². The lowest BCUT2D eigenvalue weighted by molar-refractivity contribution is -0.122. The molecule has 0 saturated carbocycles. The first kappa shape index (κ1) is 24.6. The van der Waals surface area contributed by atoms with Gasteiger partial charge in [-0.3, -0.25) is 14.9 Å². The van der Waals surface area contributed by atoms with E-state index in [1.54, 1.807) is 6.20 Å². The molecule has 3 N–H and O–H groups in total. The van der Waals surface area contributed by atoms with Gasteiger partial charge in [0.05, 0.1) is 22.8 Å². The van der Waals surface area contributed by atoms with Crippen LogP contribution >= 0.6 is 0 Å². The Labute approximate surface area is 228 Å². The van der Waals surface area contributed by atoms with Crippen LogP contribution in [-0.4, -0.2) is 70.7 Å². The molecule has 206 valence electrons. The minimum Gasteiger partial charge on any atom is -0.454 e. The summed E-state index contributed by atoms with van der Waals surface area (Å²) < 4.78 is 24.2. The summed E-state index contributed by atoms with van der Waals surface area (Å²) in [6.07, 6.45) is 2.89. The van der Waals surface area contributed by atoms with E-state index in [0.29, 0.717) is 52.6 Å². The number of rotatable bonds is 8. The number of aliphatic hydroxyl groups excluding tert-OH is 1. The van der Waals surface area contributed by atoms with Crippen LogP contribution in [-0.2, 0) is 16.1 Å². The number of hydrogen-bond donors (Lipinski definition) is 3. The fourth-order valence-electron chi connectivity index (χ4n) is 5.78. The Morgan fingerprint density at radius 2 is 1.48 bits per heavy atom. The number of nitrogens with one attached hydrogen (secondary N) is 2. The molecule has 4 aromatic rings. The number of aromatic nitrogens is 2. The van der Waals surface area contributed by atoms with Crippen molar-refractivity contribution in [2.45, 2.75) is 26.5 Å². The molecule has 0 spiro atoms. The van der Waals surface area contributed by atoms with Crippen LogP contribution in [0.15, 0.2) is 36.7 Å². The summed E-state index contributed by atoms with van der Waals surface area (Å²) in [4.78, 5) is 32.0. The highest BCUT2D eigenvalue weighted by Crippen LogP contribution is 2.44. The van der Waals surface area contributed by atoms with Gasteiger partial charge in [0, 0.05) is 65.0 Å². The fraction of sp³-hybridized carbons (Fsp3) is 0.310. The van der Waals surface area contributed by atoms with E-state index >= 15 is 0 Å². The van der Waals surface area contributed by atoms with Gasteiger partial charge < -0.3 is 38.5 Å². The van der Waals surface area contributed by atoms with Gasteiger partial charge in [-0.2, -0.15) is 0 Å². The molecule has 5 heterocycles. The smallest absolute Gasteiger partial charge is 0.259 e. The Balaban J connectivity index is 1.40. The number of fused-ring (bicyclic) bond motifs is 4. The highest BCUT2D eigenvalue weighted by Gasteiger charge is 2.36. The zero-order valence-electron chi connectivity index (χ0n) is 22.1. The first-order chi connectivity index (χ1) is 19.4. The van der Waals surface area contributed by atoms with E-state index < -0.39 is 17.9 Å². The minimum absolute atomic E-state index is 0.0974. The Kier molecular flexibility index (Phi) is 5.72. The lowest BCUT2D eigenvalue weighted by Gasteiger charge is -2.22. The maximum atomic E-state index is 13.4. The minimum atomic E-state index is -0.654. The van der Waals surface area contributed by atoms with E-state index in [4.69, 9.17) is 18.9 Å². The summed E-state index contributed by atoms with van der Waals surface area (Å²) in [5.74, 6) is 1.36. The van der Waals surface area contributed by atoms with Gasteiger partial charge in [-0.1, -0.05) is 13.8 Å². The van der Waals surface area contributed by atoms with Crippen molar-refractivity contribution < 1.29 is 33.6 Å². The summed E-state index contributed by atoms with van der Waals surface area (Å²) >= 11 is 0. The zero-order valence-corrected chi connectivity index (χ0v) is 22.1. The van der Waals surface area contributed by atoms with E-state index in [1.807, 2.05) is 35.0 Å². The first-order valence-corrected chi connectivity index (χ1v) is 13.3. The van der Waals surface area contributed by atoms with Gasteiger partial charge in [0.15, 0.2) is 23.0 Å². The molecule has 1 unspecified atom stereocenters. The molecule has 2 aromatic heterocycles. The predicted octanol–water partition coefficient (Wildman–Crippen LogP) is 2.85. The van der Waals surface area contributed by atoms with Crippen molar-refractivity contribution in [2.75, 3.05) is 33.2 Å². The molecule has 0 radical (unpaired) electrons. The van der Waals surface area contributed by atoms with Crippen LogP contribution in [0, 0.1) is 0 Å². The monoisotopic (exact) mass is 544 g/mol. The van der Waals surface area contributed by atoms with Crippen LogP contribution in [0.4, 0.5) is 0 Å². The lowest BCUT2D eigenvalue weighted by Crippen LogP contribution is -2.34. The largest absolute Gasteiger partial charge is 0.454 e. The predicted molar refractivity (Wildman–Crippen MR) is 146 cm³/mol. The van der Waals surface area contributed by atoms with Crippen molar-refractivity contribution in [3.8, 4) is 23.0 Å². The summed E-state index contributed by atoms with van der Waals surface area (Å²) in [5, 5.41) is 14.9. The van der Waals surface area contributed by atoms with Crippen LogP contribution < -0.4 is 24.3 Å². The highest BCUT2D eigenvalue weighted by atomic mass is 16.7. The summed E-state index contributed by atoms with van der Waals surface area (Å²) in [5.41, 5.74) is 3.18. The number of amides is 2. The van der Waals surface area contributed by atoms with E-state index in [1.165, 1.54) is 0 Å². The number of carbonyl (C=O) groups is 2. The molecule has 0 bridgehead atoms. The van der Waals surface area contributed by atoms with E-state index in [9.17, 15) is 14.7 Å². The Morgan fingerprint density at radius 1 is 0.875 bits per heavy atom. The second-order valence-corrected chi connectivity index (χ2v) is 10.0. The molecule has 11 nitrogen and oxygen atoms in total. The second kappa shape index (κ2) is 9.32. The first-order valence-electron chi connectivity index (χ1n) is 13.3. The van der Waals surface area contributed by atoms with Crippen molar-refractivity contribution in [1.29, 1.82) is 0 Å². The summed E-state index contributed by atoms with van der Waals surface area (Å²) in [6.45, 7) is 6.79.